The molecule has 1 heterocycles. The zero-order valence-corrected chi connectivity index (χ0v) is 7.73. The summed E-state index contributed by atoms with van der Waals surface area (Å²) in [5.74, 6) is 0.739. The average Bonchev–Trinajstić information content (AvgIpc) is 2.37. The fourth-order valence-corrected chi connectivity index (χ4v) is 1.32. The van der Waals surface area contributed by atoms with Crippen LogP contribution in [-0.4, -0.2) is 12.1 Å². The van der Waals surface area contributed by atoms with E-state index in [4.69, 9.17) is 4.74 Å². The van der Waals surface area contributed by atoms with Crippen molar-refractivity contribution in [2.24, 2.45) is 0 Å². The highest BCUT2D eigenvalue weighted by molar-refractivity contribution is 5.82. The van der Waals surface area contributed by atoms with E-state index in [9.17, 15) is 4.79 Å². The Morgan fingerprint density at radius 1 is 1.14 bits per heavy atom. The zero-order chi connectivity index (χ0) is 9.97. The molecule has 1 aromatic carbocycles. The number of aromatic nitrogens is 1. The maximum Gasteiger partial charge on any atom is 0.270 e. The van der Waals surface area contributed by atoms with Crippen molar-refractivity contribution in [1.29, 1.82) is 0 Å². The first-order valence-corrected chi connectivity index (χ1v) is 4.24. The van der Waals surface area contributed by atoms with Gasteiger partial charge in [0.15, 0.2) is 0 Å². The van der Waals surface area contributed by atoms with Gasteiger partial charge in [0.25, 0.3) is 5.56 Å². The van der Waals surface area contributed by atoms with E-state index in [-0.39, 0.29) is 5.56 Å². The lowest BCUT2D eigenvalue weighted by molar-refractivity contribution is 0.415. The van der Waals surface area contributed by atoms with Crippen molar-refractivity contribution in [3.05, 3.63) is 46.9 Å². The Kier molecular flexibility index (Phi) is 2.14. The van der Waals surface area contributed by atoms with E-state index in [2.05, 4.69) is 4.98 Å². The molecule has 0 aliphatic heterocycles. The minimum absolute atomic E-state index is 0.242. The maximum atomic E-state index is 11.1. The lowest BCUT2D eigenvalue weighted by atomic mass is 10.2. The van der Waals surface area contributed by atoms with Crippen LogP contribution in [0, 0.1) is 0 Å². The van der Waals surface area contributed by atoms with E-state index in [1.54, 1.807) is 13.2 Å². The normalized spacial score (nSPS) is 10.1. The second-order valence-electron chi connectivity index (χ2n) is 2.92. The lowest BCUT2D eigenvalue weighted by Crippen LogP contribution is -1.96. The summed E-state index contributed by atoms with van der Waals surface area (Å²) >= 11 is 0. The van der Waals surface area contributed by atoms with Crippen LogP contribution in [0.2, 0.25) is 0 Å². The number of rotatable bonds is 1. The van der Waals surface area contributed by atoms with Gasteiger partial charge < -0.3 is 4.74 Å². The molecular weight excluding hydrogens is 178 g/mol. The van der Waals surface area contributed by atoms with Gasteiger partial charge in [0.2, 0.25) is 0 Å². The summed E-state index contributed by atoms with van der Waals surface area (Å²) in [6, 6.07) is 8.87. The maximum absolute atomic E-state index is 11.1. The summed E-state index contributed by atoms with van der Waals surface area (Å²) in [6.45, 7) is 0. The van der Waals surface area contributed by atoms with Crippen molar-refractivity contribution in [2.75, 3.05) is 7.11 Å². The van der Waals surface area contributed by atoms with Crippen LogP contribution in [0.25, 0.3) is 10.8 Å². The molecular formula is C11H9NO2. The third-order valence-corrected chi connectivity index (χ3v) is 2.03. The van der Waals surface area contributed by atoms with E-state index < -0.39 is 0 Å². The molecule has 2 rings (SSSR count). The second-order valence-corrected chi connectivity index (χ2v) is 2.92. The van der Waals surface area contributed by atoms with Gasteiger partial charge in [-0.2, -0.15) is 0 Å². The van der Waals surface area contributed by atoms with Crippen LogP contribution in [0.4, 0.5) is 0 Å². The van der Waals surface area contributed by atoms with E-state index >= 15 is 0 Å². The third-order valence-electron chi connectivity index (χ3n) is 2.03. The van der Waals surface area contributed by atoms with Crippen molar-refractivity contribution in [3.63, 3.8) is 0 Å². The molecule has 0 radical (unpaired) electrons. The standard InChI is InChI=1S/C11H9NO2/c1-14-10-3-2-8-4-5-12-11(13)7-9(8)6-10/h2-7H,1H3. The van der Waals surface area contributed by atoms with Gasteiger partial charge in [0.1, 0.15) is 5.75 Å². The van der Waals surface area contributed by atoms with Crippen molar-refractivity contribution in [2.45, 2.75) is 0 Å². The predicted octanol–water partition coefficient (Wildman–Crippen LogP) is 1.60. The Bertz CT molecular complexity index is 523. The highest BCUT2D eigenvalue weighted by Crippen LogP contribution is 2.17. The third kappa shape index (κ3) is 1.57. The number of hydrogen-bond acceptors (Lipinski definition) is 3. The molecule has 2 aromatic rings. The van der Waals surface area contributed by atoms with Gasteiger partial charge in [-0.3, -0.25) is 4.79 Å². The molecule has 0 N–H and O–H groups in total. The summed E-state index contributed by atoms with van der Waals surface area (Å²) in [7, 11) is 1.60. The van der Waals surface area contributed by atoms with E-state index in [0.29, 0.717) is 0 Å². The minimum Gasteiger partial charge on any atom is -0.497 e. The fourth-order valence-electron chi connectivity index (χ4n) is 1.32. The predicted molar refractivity (Wildman–Crippen MR) is 54.6 cm³/mol. The van der Waals surface area contributed by atoms with Gasteiger partial charge in [-0.25, -0.2) is 4.98 Å². The molecule has 1 aromatic heterocycles. The van der Waals surface area contributed by atoms with Crippen LogP contribution >= 0.6 is 0 Å². The van der Waals surface area contributed by atoms with Crippen molar-refractivity contribution in [3.8, 4) is 5.75 Å². The Hall–Kier alpha value is -1.90. The Labute approximate surface area is 81.0 Å². The van der Waals surface area contributed by atoms with Crippen LogP contribution in [0.3, 0.4) is 0 Å². The van der Waals surface area contributed by atoms with E-state index in [1.165, 1.54) is 12.3 Å². The fraction of sp³-hybridized carbons (Fsp3) is 0.0909. The molecule has 0 fully saturated rings. The number of nitrogens with zero attached hydrogens (tertiary/aromatic N) is 1. The largest absolute Gasteiger partial charge is 0.497 e. The molecule has 70 valence electrons. The van der Waals surface area contributed by atoms with Gasteiger partial charge in [-0.1, -0.05) is 6.07 Å². The van der Waals surface area contributed by atoms with Crippen LogP contribution in [0.5, 0.6) is 5.75 Å². The van der Waals surface area contributed by atoms with Gasteiger partial charge in [0.05, 0.1) is 7.11 Å². The number of methoxy groups -OCH3 is 1. The smallest absolute Gasteiger partial charge is 0.270 e. The van der Waals surface area contributed by atoms with Crippen LogP contribution in [-0.2, 0) is 0 Å². The van der Waals surface area contributed by atoms with Crippen LogP contribution < -0.4 is 10.3 Å². The van der Waals surface area contributed by atoms with Gasteiger partial charge >= 0.3 is 0 Å². The molecule has 0 aliphatic carbocycles. The molecule has 0 atom stereocenters. The van der Waals surface area contributed by atoms with Crippen LogP contribution in [0.1, 0.15) is 0 Å². The summed E-state index contributed by atoms with van der Waals surface area (Å²) in [4.78, 5) is 14.8. The molecule has 0 aliphatic rings. The van der Waals surface area contributed by atoms with Crippen molar-refractivity contribution >= 4 is 10.8 Å². The molecule has 0 saturated carbocycles. The van der Waals surface area contributed by atoms with E-state index in [1.807, 2.05) is 18.2 Å². The molecule has 3 heteroatoms. The molecule has 3 nitrogen and oxygen atoms in total. The first-order valence-electron chi connectivity index (χ1n) is 4.24. The van der Waals surface area contributed by atoms with Crippen LogP contribution in [0.15, 0.2) is 41.3 Å². The average molecular weight is 187 g/mol. The SMILES string of the molecule is COc1ccc2ccnc(=O)cc2c1. The number of hydrogen-bond donors (Lipinski definition) is 0. The zero-order valence-electron chi connectivity index (χ0n) is 7.73. The van der Waals surface area contributed by atoms with Gasteiger partial charge in [0, 0.05) is 12.3 Å². The molecule has 0 bridgehead atoms. The van der Waals surface area contributed by atoms with Crippen molar-refractivity contribution < 1.29 is 4.74 Å². The minimum atomic E-state index is -0.242. The number of benzene rings is 1. The number of fused-ring (bicyclic) bond motifs is 1. The first kappa shape index (κ1) is 8.69. The van der Waals surface area contributed by atoms with E-state index in [0.717, 1.165) is 16.5 Å². The molecule has 0 saturated heterocycles. The lowest BCUT2D eigenvalue weighted by Gasteiger charge is -1.98. The second kappa shape index (κ2) is 3.46. The van der Waals surface area contributed by atoms with Gasteiger partial charge in [-0.05, 0) is 29.0 Å². The Morgan fingerprint density at radius 3 is 2.79 bits per heavy atom. The molecule has 14 heavy (non-hydrogen) atoms. The highest BCUT2D eigenvalue weighted by Gasteiger charge is 1.95. The highest BCUT2D eigenvalue weighted by atomic mass is 16.5. The van der Waals surface area contributed by atoms with Gasteiger partial charge in [-0.15, -0.1) is 0 Å². The summed E-state index contributed by atoms with van der Waals surface area (Å²) in [5.41, 5.74) is -0.242. The summed E-state index contributed by atoms with van der Waals surface area (Å²) in [6.07, 6.45) is 1.51. The van der Waals surface area contributed by atoms with Crippen molar-refractivity contribution in [1.82, 2.24) is 4.98 Å². The summed E-state index contributed by atoms with van der Waals surface area (Å²) < 4.78 is 5.07. The summed E-state index contributed by atoms with van der Waals surface area (Å²) in [5, 5.41) is 1.81. The molecule has 0 amide bonds. The monoisotopic (exact) mass is 187 g/mol. The quantitative estimate of drug-likeness (QED) is 0.680. The first-order chi connectivity index (χ1) is 6.79. The Morgan fingerprint density at radius 2 is 2.00 bits per heavy atom. The Balaban J connectivity index is 2.81. The topological polar surface area (TPSA) is 39.2 Å². The molecule has 0 spiro atoms. The number of ether oxygens (including phenoxy) is 1. The molecule has 0 unspecified atom stereocenters.